The van der Waals surface area contributed by atoms with Gasteiger partial charge in [0, 0.05) is 5.56 Å². The maximum Gasteiger partial charge on any atom is 0.276 e. The average molecular weight is 305 g/mol. The number of azo groups is 1. The van der Waals surface area contributed by atoms with E-state index in [0.29, 0.717) is 16.3 Å². The highest BCUT2D eigenvalue weighted by Gasteiger charge is 2.12. The lowest BCUT2D eigenvalue weighted by molar-refractivity contribution is 1.02. The molecule has 7 heteroatoms. The minimum absolute atomic E-state index is 0.0688. The van der Waals surface area contributed by atoms with E-state index in [4.69, 9.17) is 16.9 Å². The molecule has 20 heavy (non-hydrogen) atoms. The predicted octanol–water partition coefficient (Wildman–Crippen LogP) is 3.91. The number of hydrogen-bond donors (Lipinski definition) is 2. The molecule has 0 spiro atoms. The van der Waals surface area contributed by atoms with Crippen molar-refractivity contribution in [1.29, 1.82) is 5.26 Å². The van der Waals surface area contributed by atoms with Crippen molar-refractivity contribution in [3.8, 4) is 6.07 Å². The predicted molar refractivity (Wildman–Crippen MR) is 79.4 cm³/mol. The summed E-state index contributed by atoms with van der Waals surface area (Å²) in [6, 6.07) is 8.84. The molecule has 2 aromatic rings. The highest BCUT2D eigenvalue weighted by atomic mass is 35.5. The molecule has 0 aliphatic carbocycles. The van der Waals surface area contributed by atoms with Crippen molar-refractivity contribution in [2.24, 2.45) is 10.2 Å². The zero-order valence-electron chi connectivity index (χ0n) is 10.4. The van der Waals surface area contributed by atoms with Crippen LogP contribution >= 0.6 is 24.2 Å². The van der Waals surface area contributed by atoms with Gasteiger partial charge in [-0.1, -0.05) is 23.7 Å². The molecular weight excluding hydrogens is 296 g/mol. The summed E-state index contributed by atoms with van der Waals surface area (Å²) in [5, 5.41) is 17.5. The number of nitriles is 1. The standard InChI is InChI=1S/C13H9ClN4OS/c1-7-8(6-15)13(20)16-12(19)11(7)18-17-10-5-3-2-4-9(10)14/h2-5H,1H3,(H2,16,19,20). The maximum atomic E-state index is 11.8. The molecule has 0 aliphatic rings. The van der Waals surface area contributed by atoms with Crippen molar-refractivity contribution < 1.29 is 0 Å². The average Bonchev–Trinajstić information content (AvgIpc) is 2.40. The number of nitrogens with one attached hydrogen (secondary N) is 1. The Balaban J connectivity index is 2.53. The number of benzene rings is 1. The third-order valence-electron chi connectivity index (χ3n) is 2.64. The summed E-state index contributed by atoms with van der Waals surface area (Å²) in [6.45, 7) is 1.62. The molecule has 0 amide bonds. The fourth-order valence-electron chi connectivity index (χ4n) is 1.59. The van der Waals surface area contributed by atoms with Crippen molar-refractivity contribution in [2.45, 2.75) is 11.9 Å². The third kappa shape index (κ3) is 2.74. The number of hydrogen-bond acceptors (Lipinski definition) is 5. The Kier molecular flexibility index (Phi) is 4.23. The molecule has 100 valence electrons. The first-order chi connectivity index (χ1) is 9.54. The van der Waals surface area contributed by atoms with Crippen LogP contribution in [0.2, 0.25) is 5.02 Å². The summed E-state index contributed by atoms with van der Waals surface area (Å²) in [7, 11) is 0. The second-order valence-electron chi connectivity index (χ2n) is 3.91. The molecule has 1 aromatic heterocycles. The number of H-pyrrole nitrogens is 1. The van der Waals surface area contributed by atoms with Gasteiger partial charge >= 0.3 is 0 Å². The van der Waals surface area contributed by atoms with Gasteiger partial charge in [-0.05, 0) is 19.1 Å². The van der Waals surface area contributed by atoms with Crippen LogP contribution in [-0.4, -0.2) is 4.98 Å². The number of nitrogens with zero attached hydrogens (tertiary/aromatic N) is 3. The van der Waals surface area contributed by atoms with E-state index in [1.807, 2.05) is 6.07 Å². The molecule has 1 heterocycles. The minimum Gasteiger partial charge on any atom is -0.314 e. The molecule has 0 unspecified atom stereocenters. The van der Waals surface area contributed by atoms with Crippen LogP contribution in [0, 0.1) is 18.3 Å². The number of thiol groups is 1. The highest BCUT2D eigenvalue weighted by Crippen LogP contribution is 2.27. The summed E-state index contributed by atoms with van der Waals surface area (Å²) < 4.78 is 0. The zero-order valence-corrected chi connectivity index (χ0v) is 12.0. The number of aromatic amines is 1. The Morgan fingerprint density at radius 3 is 2.70 bits per heavy atom. The summed E-state index contributed by atoms with van der Waals surface area (Å²) in [5.41, 5.74) is 0.751. The lowest BCUT2D eigenvalue weighted by Crippen LogP contribution is -2.09. The van der Waals surface area contributed by atoms with Gasteiger partial charge in [0.15, 0.2) is 5.69 Å². The van der Waals surface area contributed by atoms with Crippen LogP contribution < -0.4 is 5.56 Å². The van der Waals surface area contributed by atoms with E-state index in [2.05, 4.69) is 27.8 Å². The number of aromatic nitrogens is 1. The van der Waals surface area contributed by atoms with E-state index in [9.17, 15) is 4.79 Å². The normalized spacial score (nSPS) is 10.7. The van der Waals surface area contributed by atoms with Crippen LogP contribution in [0.1, 0.15) is 11.1 Å². The molecule has 0 fully saturated rings. The second kappa shape index (κ2) is 5.90. The zero-order chi connectivity index (χ0) is 14.7. The molecule has 0 aliphatic heterocycles. The van der Waals surface area contributed by atoms with Crippen molar-refractivity contribution in [1.82, 2.24) is 4.98 Å². The van der Waals surface area contributed by atoms with E-state index in [-0.39, 0.29) is 16.3 Å². The Bertz CT molecular complexity index is 792. The van der Waals surface area contributed by atoms with Crippen LogP contribution in [0.5, 0.6) is 0 Å². The van der Waals surface area contributed by atoms with Gasteiger partial charge in [-0.2, -0.15) is 5.26 Å². The smallest absolute Gasteiger partial charge is 0.276 e. The molecular formula is C13H9ClN4OS. The molecule has 0 atom stereocenters. The first-order valence-electron chi connectivity index (χ1n) is 5.56. The first kappa shape index (κ1) is 14.3. The van der Waals surface area contributed by atoms with Gasteiger partial charge in [0.05, 0.1) is 15.6 Å². The molecule has 2 rings (SSSR count). The molecule has 0 saturated carbocycles. The van der Waals surface area contributed by atoms with Gasteiger partial charge in [0.2, 0.25) is 0 Å². The molecule has 1 N–H and O–H groups in total. The van der Waals surface area contributed by atoms with E-state index >= 15 is 0 Å². The Morgan fingerprint density at radius 1 is 1.35 bits per heavy atom. The molecule has 5 nitrogen and oxygen atoms in total. The van der Waals surface area contributed by atoms with E-state index in [1.54, 1.807) is 31.2 Å². The van der Waals surface area contributed by atoms with Crippen molar-refractivity contribution in [3.63, 3.8) is 0 Å². The third-order valence-corrected chi connectivity index (χ3v) is 3.29. The first-order valence-corrected chi connectivity index (χ1v) is 6.39. The minimum atomic E-state index is -0.456. The highest BCUT2D eigenvalue weighted by molar-refractivity contribution is 7.80. The summed E-state index contributed by atoms with van der Waals surface area (Å²) in [6.07, 6.45) is 0. The number of halogens is 1. The molecule has 0 radical (unpaired) electrons. The fraction of sp³-hybridized carbons (Fsp3) is 0.0769. The SMILES string of the molecule is Cc1c(C#N)c(S)[nH]c(=O)c1N=Nc1ccccc1Cl. The van der Waals surface area contributed by atoms with Gasteiger partial charge < -0.3 is 4.98 Å². The van der Waals surface area contributed by atoms with Gasteiger partial charge in [-0.3, -0.25) is 4.79 Å². The monoisotopic (exact) mass is 304 g/mol. The Hall–Kier alpha value is -2.10. The van der Waals surface area contributed by atoms with Crippen LogP contribution in [-0.2, 0) is 0 Å². The number of rotatable bonds is 2. The second-order valence-corrected chi connectivity index (χ2v) is 4.77. The Morgan fingerprint density at radius 2 is 2.05 bits per heavy atom. The van der Waals surface area contributed by atoms with Crippen molar-refractivity contribution in [3.05, 3.63) is 50.8 Å². The van der Waals surface area contributed by atoms with Gasteiger partial charge in [0.1, 0.15) is 11.8 Å². The summed E-state index contributed by atoms with van der Waals surface area (Å²) in [4.78, 5) is 14.3. The van der Waals surface area contributed by atoms with Gasteiger partial charge in [-0.15, -0.1) is 22.9 Å². The Labute approximate surface area is 125 Å². The van der Waals surface area contributed by atoms with Crippen LogP contribution in [0.15, 0.2) is 44.3 Å². The van der Waals surface area contributed by atoms with Crippen LogP contribution in [0.3, 0.4) is 0 Å². The topological polar surface area (TPSA) is 81.4 Å². The van der Waals surface area contributed by atoms with E-state index in [0.717, 1.165) is 0 Å². The molecule has 1 aromatic carbocycles. The van der Waals surface area contributed by atoms with Crippen molar-refractivity contribution in [2.75, 3.05) is 0 Å². The quantitative estimate of drug-likeness (QED) is 0.651. The van der Waals surface area contributed by atoms with Gasteiger partial charge in [0.25, 0.3) is 5.56 Å². The van der Waals surface area contributed by atoms with Crippen molar-refractivity contribution >= 4 is 35.6 Å². The molecule has 0 bridgehead atoms. The van der Waals surface area contributed by atoms with Crippen LogP contribution in [0.25, 0.3) is 0 Å². The van der Waals surface area contributed by atoms with Crippen LogP contribution in [0.4, 0.5) is 11.4 Å². The lowest BCUT2D eigenvalue weighted by atomic mass is 10.1. The summed E-state index contributed by atoms with van der Waals surface area (Å²) in [5.74, 6) is 0. The van der Waals surface area contributed by atoms with Gasteiger partial charge in [-0.25, -0.2) is 0 Å². The molecule has 0 saturated heterocycles. The fourth-order valence-corrected chi connectivity index (χ4v) is 2.08. The lowest BCUT2D eigenvalue weighted by Gasteiger charge is -2.03. The number of pyridine rings is 1. The largest absolute Gasteiger partial charge is 0.314 e. The summed E-state index contributed by atoms with van der Waals surface area (Å²) >= 11 is 10.00. The maximum absolute atomic E-state index is 11.8. The van der Waals surface area contributed by atoms with E-state index < -0.39 is 5.56 Å². The van der Waals surface area contributed by atoms with E-state index in [1.165, 1.54) is 0 Å².